The van der Waals surface area contributed by atoms with Crippen LogP contribution in [0.2, 0.25) is 0 Å². The third kappa shape index (κ3) is 3.16. The molecular weight excluding hydrogens is 280 g/mol. The van der Waals surface area contributed by atoms with Gasteiger partial charge in [0.05, 0.1) is 22.7 Å². The number of para-hydroxylation sites is 4. The van der Waals surface area contributed by atoms with Gasteiger partial charge in [0.25, 0.3) is 0 Å². The first kappa shape index (κ1) is 14.3. The summed E-state index contributed by atoms with van der Waals surface area (Å²) in [5, 5.41) is 3.52. The zero-order valence-corrected chi connectivity index (χ0v) is 12.9. The fraction of sp³-hybridized carbons (Fsp3) is 0.333. The Morgan fingerprint density at radius 3 is 1.95 bits per heavy atom. The van der Waals surface area contributed by atoms with E-state index in [9.17, 15) is 0 Å². The van der Waals surface area contributed by atoms with Gasteiger partial charge in [-0.15, -0.1) is 11.6 Å². The molecule has 0 atom stereocenters. The summed E-state index contributed by atoms with van der Waals surface area (Å²) in [6, 6.07) is 17.0. The normalized spacial score (nSPS) is 12.5. The highest BCUT2D eigenvalue weighted by atomic mass is 35.5. The molecule has 2 aromatic carbocycles. The highest BCUT2D eigenvalue weighted by Gasteiger charge is 2.20. The maximum atomic E-state index is 5.74. The van der Waals surface area contributed by atoms with Crippen LogP contribution in [0.1, 0.15) is 25.7 Å². The lowest BCUT2D eigenvalue weighted by molar-refractivity contribution is 0.670. The third-order valence-corrected chi connectivity index (χ3v) is 4.19. The molecule has 0 fully saturated rings. The fourth-order valence-electron chi connectivity index (χ4n) is 2.86. The van der Waals surface area contributed by atoms with Crippen LogP contribution in [0.15, 0.2) is 48.5 Å². The topological polar surface area (TPSA) is 15.3 Å². The number of nitrogens with zero attached hydrogens (tertiary/aromatic N) is 1. The van der Waals surface area contributed by atoms with Crippen molar-refractivity contribution in [2.45, 2.75) is 25.7 Å². The van der Waals surface area contributed by atoms with Gasteiger partial charge in [0, 0.05) is 12.4 Å². The first-order valence-electron chi connectivity index (χ1n) is 7.69. The molecule has 0 amide bonds. The van der Waals surface area contributed by atoms with Gasteiger partial charge in [-0.1, -0.05) is 37.1 Å². The Bertz CT molecular complexity index is 552. The van der Waals surface area contributed by atoms with Crippen LogP contribution in [0, 0.1) is 0 Å². The second-order valence-corrected chi connectivity index (χ2v) is 5.79. The fourth-order valence-corrected chi connectivity index (χ4v) is 3.05. The molecule has 3 rings (SSSR count). The molecule has 1 heterocycles. The highest BCUT2D eigenvalue weighted by molar-refractivity contribution is 6.17. The van der Waals surface area contributed by atoms with Crippen LogP contribution in [0.5, 0.6) is 0 Å². The van der Waals surface area contributed by atoms with Crippen LogP contribution in [0.3, 0.4) is 0 Å². The van der Waals surface area contributed by atoms with Crippen LogP contribution in [-0.4, -0.2) is 12.4 Å². The number of halogens is 1. The van der Waals surface area contributed by atoms with Crippen molar-refractivity contribution in [2.75, 3.05) is 22.6 Å². The summed E-state index contributed by atoms with van der Waals surface area (Å²) in [5.74, 6) is 0.777. The summed E-state index contributed by atoms with van der Waals surface area (Å²) in [5.41, 5.74) is 4.93. The van der Waals surface area contributed by atoms with Crippen molar-refractivity contribution in [3.8, 4) is 0 Å². The predicted octanol–water partition coefficient (Wildman–Crippen LogP) is 5.68. The monoisotopic (exact) mass is 300 g/mol. The van der Waals surface area contributed by atoms with Gasteiger partial charge in [0.2, 0.25) is 0 Å². The SMILES string of the molecule is ClCCCCCCN1c2ccccc2Nc2ccccc21. The third-order valence-electron chi connectivity index (χ3n) is 3.92. The molecule has 110 valence electrons. The van der Waals surface area contributed by atoms with Crippen LogP contribution < -0.4 is 10.2 Å². The Kier molecular flexibility index (Phi) is 4.66. The maximum absolute atomic E-state index is 5.74. The molecule has 3 heteroatoms. The molecule has 2 nitrogen and oxygen atoms in total. The molecule has 0 bridgehead atoms. The minimum Gasteiger partial charge on any atom is -0.352 e. The van der Waals surface area contributed by atoms with Crippen LogP contribution in [-0.2, 0) is 0 Å². The average molecular weight is 301 g/mol. The van der Waals surface area contributed by atoms with Gasteiger partial charge in [0.1, 0.15) is 0 Å². The molecule has 0 unspecified atom stereocenters. The van der Waals surface area contributed by atoms with Gasteiger partial charge in [-0.2, -0.15) is 0 Å². The summed E-state index contributed by atoms with van der Waals surface area (Å²) in [6.45, 7) is 1.05. The van der Waals surface area contributed by atoms with E-state index in [1.54, 1.807) is 0 Å². The van der Waals surface area contributed by atoms with Crippen molar-refractivity contribution in [1.29, 1.82) is 0 Å². The summed E-state index contributed by atoms with van der Waals surface area (Å²) in [6.07, 6.45) is 4.77. The molecule has 1 aliphatic heterocycles. The van der Waals surface area contributed by atoms with Gasteiger partial charge in [-0.3, -0.25) is 0 Å². The van der Waals surface area contributed by atoms with E-state index in [1.807, 2.05) is 0 Å². The number of alkyl halides is 1. The molecule has 0 aliphatic carbocycles. The molecule has 0 aromatic heterocycles. The molecule has 0 spiro atoms. The van der Waals surface area contributed by atoms with E-state index in [4.69, 9.17) is 11.6 Å². The largest absolute Gasteiger partial charge is 0.352 e. The standard InChI is InChI=1S/C18H21ClN2/c19-13-7-1-2-8-14-21-17-11-5-3-9-15(17)20-16-10-4-6-12-18(16)21/h3-6,9-12,20H,1-2,7-8,13-14H2. The molecule has 0 saturated carbocycles. The Morgan fingerprint density at radius 2 is 1.33 bits per heavy atom. The Balaban J connectivity index is 1.78. The number of fused-ring (bicyclic) bond motifs is 2. The summed E-state index contributed by atoms with van der Waals surface area (Å²) >= 11 is 5.74. The number of unbranched alkanes of at least 4 members (excludes halogenated alkanes) is 3. The van der Waals surface area contributed by atoms with E-state index in [-0.39, 0.29) is 0 Å². The first-order chi connectivity index (χ1) is 10.4. The Morgan fingerprint density at radius 1 is 0.762 bits per heavy atom. The van der Waals surface area contributed by atoms with Crippen molar-refractivity contribution in [3.63, 3.8) is 0 Å². The lowest BCUT2D eigenvalue weighted by Crippen LogP contribution is -2.23. The second kappa shape index (κ2) is 6.86. The van der Waals surface area contributed by atoms with Crippen LogP contribution >= 0.6 is 11.6 Å². The van der Waals surface area contributed by atoms with Crippen molar-refractivity contribution in [3.05, 3.63) is 48.5 Å². The number of rotatable bonds is 6. The van der Waals surface area contributed by atoms with E-state index in [0.717, 1.165) is 18.8 Å². The van der Waals surface area contributed by atoms with E-state index in [2.05, 4.69) is 58.7 Å². The van der Waals surface area contributed by atoms with Gasteiger partial charge >= 0.3 is 0 Å². The van der Waals surface area contributed by atoms with Crippen molar-refractivity contribution in [2.24, 2.45) is 0 Å². The number of hydrogen-bond donors (Lipinski definition) is 1. The maximum Gasteiger partial charge on any atom is 0.0650 e. The van der Waals surface area contributed by atoms with E-state index in [0.29, 0.717) is 0 Å². The van der Waals surface area contributed by atoms with Crippen molar-refractivity contribution < 1.29 is 0 Å². The molecule has 0 saturated heterocycles. The zero-order valence-electron chi connectivity index (χ0n) is 12.2. The molecular formula is C18H21ClN2. The Hall–Kier alpha value is -1.67. The average Bonchev–Trinajstić information content (AvgIpc) is 2.53. The molecule has 2 aromatic rings. The zero-order chi connectivity index (χ0) is 14.5. The summed E-state index contributed by atoms with van der Waals surface area (Å²) < 4.78 is 0. The predicted molar refractivity (Wildman–Crippen MR) is 92.4 cm³/mol. The number of hydrogen-bond acceptors (Lipinski definition) is 2. The van der Waals surface area contributed by atoms with Crippen molar-refractivity contribution in [1.82, 2.24) is 0 Å². The van der Waals surface area contributed by atoms with Gasteiger partial charge in [-0.25, -0.2) is 0 Å². The summed E-state index contributed by atoms with van der Waals surface area (Å²) in [7, 11) is 0. The van der Waals surface area contributed by atoms with Gasteiger partial charge < -0.3 is 10.2 Å². The number of anilines is 4. The number of benzene rings is 2. The first-order valence-corrected chi connectivity index (χ1v) is 8.22. The van der Waals surface area contributed by atoms with E-state index in [1.165, 1.54) is 42.0 Å². The highest BCUT2D eigenvalue weighted by Crippen LogP contribution is 2.43. The quantitative estimate of drug-likeness (QED) is 0.545. The minimum atomic E-state index is 0.777. The van der Waals surface area contributed by atoms with E-state index >= 15 is 0 Å². The van der Waals surface area contributed by atoms with Gasteiger partial charge in [-0.05, 0) is 37.1 Å². The van der Waals surface area contributed by atoms with E-state index < -0.39 is 0 Å². The van der Waals surface area contributed by atoms with Crippen LogP contribution in [0.25, 0.3) is 0 Å². The molecule has 1 aliphatic rings. The number of nitrogens with one attached hydrogen (secondary N) is 1. The van der Waals surface area contributed by atoms with Crippen LogP contribution in [0.4, 0.5) is 22.7 Å². The molecule has 0 radical (unpaired) electrons. The molecule has 1 N–H and O–H groups in total. The second-order valence-electron chi connectivity index (χ2n) is 5.41. The van der Waals surface area contributed by atoms with Gasteiger partial charge in [0.15, 0.2) is 0 Å². The summed E-state index contributed by atoms with van der Waals surface area (Å²) in [4.78, 5) is 2.43. The Labute approximate surface area is 131 Å². The van der Waals surface area contributed by atoms with Crippen molar-refractivity contribution >= 4 is 34.4 Å². The smallest absolute Gasteiger partial charge is 0.0650 e. The lowest BCUT2D eigenvalue weighted by Gasteiger charge is -2.34. The lowest BCUT2D eigenvalue weighted by atomic mass is 10.1. The minimum absolute atomic E-state index is 0.777. The molecule has 21 heavy (non-hydrogen) atoms.